The van der Waals surface area contributed by atoms with Crippen LogP contribution in [0.4, 0.5) is 23.8 Å². The molecule has 166 valence electrons. The van der Waals surface area contributed by atoms with Crippen molar-refractivity contribution in [2.24, 2.45) is 5.92 Å². The van der Waals surface area contributed by atoms with Crippen LogP contribution in [0.5, 0.6) is 0 Å². The lowest BCUT2D eigenvalue weighted by molar-refractivity contribution is -0.137. The predicted molar refractivity (Wildman–Crippen MR) is 106 cm³/mol. The van der Waals surface area contributed by atoms with Gasteiger partial charge in [0, 0.05) is 45.5 Å². The number of halogens is 3. The van der Waals surface area contributed by atoms with E-state index >= 15 is 0 Å². The molecule has 0 aromatic carbocycles. The van der Waals surface area contributed by atoms with Crippen LogP contribution in [0.15, 0.2) is 18.3 Å². The van der Waals surface area contributed by atoms with Gasteiger partial charge < -0.3 is 20.4 Å². The molecule has 2 fully saturated rings. The second kappa shape index (κ2) is 9.99. The molecule has 1 aromatic heterocycles. The Hall–Kier alpha value is -2.52. The normalized spacial score (nSPS) is 19.6. The minimum atomic E-state index is -4.40. The van der Waals surface area contributed by atoms with Crippen LogP contribution in [-0.2, 0) is 11.0 Å². The van der Waals surface area contributed by atoms with Crippen molar-refractivity contribution >= 4 is 17.8 Å². The first-order valence-corrected chi connectivity index (χ1v) is 10.4. The summed E-state index contributed by atoms with van der Waals surface area (Å²) in [5.41, 5.74) is -0.787. The van der Waals surface area contributed by atoms with Crippen molar-refractivity contribution < 1.29 is 22.8 Å². The van der Waals surface area contributed by atoms with Crippen molar-refractivity contribution in [3.63, 3.8) is 0 Å². The molecule has 1 atom stereocenters. The number of rotatable bonds is 6. The summed E-state index contributed by atoms with van der Waals surface area (Å²) in [6.07, 6.45) is 0.671. The van der Waals surface area contributed by atoms with E-state index < -0.39 is 11.7 Å². The number of likely N-dealkylation sites (tertiary alicyclic amines) is 2. The summed E-state index contributed by atoms with van der Waals surface area (Å²) < 4.78 is 37.6. The van der Waals surface area contributed by atoms with E-state index in [9.17, 15) is 22.8 Å². The van der Waals surface area contributed by atoms with Gasteiger partial charge in [0.2, 0.25) is 5.91 Å². The summed E-state index contributed by atoms with van der Waals surface area (Å²) in [6.45, 7) is 3.67. The predicted octanol–water partition coefficient (Wildman–Crippen LogP) is 2.95. The molecule has 0 unspecified atom stereocenters. The molecule has 3 rings (SSSR count). The molecule has 3 heterocycles. The monoisotopic (exact) mass is 427 g/mol. The number of hydrogen-bond donors (Lipinski definition) is 2. The Balaban J connectivity index is 1.34. The Kier molecular flexibility index (Phi) is 7.38. The fraction of sp³-hybridized carbons (Fsp3) is 0.650. The topological polar surface area (TPSA) is 77.6 Å². The molecular formula is C20H28F3N5O2. The summed E-state index contributed by atoms with van der Waals surface area (Å²) in [4.78, 5) is 32.4. The second-order valence-corrected chi connectivity index (χ2v) is 7.76. The molecule has 2 N–H and O–H groups in total. The van der Waals surface area contributed by atoms with Crippen molar-refractivity contribution in [2.45, 2.75) is 38.3 Å². The molecule has 0 spiro atoms. The Morgan fingerprint density at radius 3 is 2.47 bits per heavy atom. The third-order valence-corrected chi connectivity index (χ3v) is 5.49. The largest absolute Gasteiger partial charge is 0.417 e. The number of amides is 3. The van der Waals surface area contributed by atoms with E-state index in [1.54, 1.807) is 4.90 Å². The quantitative estimate of drug-likeness (QED) is 0.685. The number of piperidine rings is 1. The summed E-state index contributed by atoms with van der Waals surface area (Å²) in [5.74, 6) is 0.106. The Bertz CT molecular complexity index is 720. The van der Waals surface area contributed by atoms with Crippen LogP contribution >= 0.6 is 0 Å². The highest BCUT2D eigenvalue weighted by Crippen LogP contribution is 2.28. The first kappa shape index (κ1) is 22.2. The number of aromatic nitrogens is 1. The van der Waals surface area contributed by atoms with Gasteiger partial charge in [0.15, 0.2) is 0 Å². The van der Waals surface area contributed by atoms with Crippen LogP contribution in [-0.4, -0.2) is 66.0 Å². The lowest BCUT2D eigenvalue weighted by Gasteiger charge is -2.34. The van der Waals surface area contributed by atoms with Crippen LogP contribution in [0.2, 0.25) is 0 Å². The van der Waals surface area contributed by atoms with E-state index in [2.05, 4.69) is 15.6 Å². The van der Waals surface area contributed by atoms with Crippen LogP contribution < -0.4 is 10.6 Å². The third kappa shape index (κ3) is 5.99. The van der Waals surface area contributed by atoms with E-state index in [0.717, 1.165) is 51.0 Å². The summed E-state index contributed by atoms with van der Waals surface area (Å²) in [7, 11) is 0. The smallest absolute Gasteiger partial charge is 0.370 e. The Labute approximate surface area is 174 Å². The molecule has 0 aliphatic carbocycles. The summed E-state index contributed by atoms with van der Waals surface area (Å²) in [6, 6.07) is 2.31. The average Bonchev–Trinajstić information content (AvgIpc) is 3.27. The lowest BCUT2D eigenvalue weighted by Crippen LogP contribution is -2.49. The van der Waals surface area contributed by atoms with E-state index in [1.807, 2.05) is 4.90 Å². The van der Waals surface area contributed by atoms with Crippen LogP contribution in [0, 0.1) is 5.92 Å². The van der Waals surface area contributed by atoms with Gasteiger partial charge >= 0.3 is 12.2 Å². The van der Waals surface area contributed by atoms with Crippen LogP contribution in [0.25, 0.3) is 0 Å². The van der Waals surface area contributed by atoms with Crippen molar-refractivity contribution in [3.05, 3.63) is 23.9 Å². The van der Waals surface area contributed by atoms with Gasteiger partial charge in [-0.1, -0.05) is 0 Å². The highest BCUT2D eigenvalue weighted by Gasteiger charge is 2.32. The number of anilines is 1. The third-order valence-electron chi connectivity index (χ3n) is 5.49. The van der Waals surface area contributed by atoms with Crippen LogP contribution in [0.1, 0.15) is 37.7 Å². The van der Waals surface area contributed by atoms with Crippen molar-refractivity contribution in [1.82, 2.24) is 20.1 Å². The molecule has 30 heavy (non-hydrogen) atoms. The molecule has 7 nitrogen and oxygen atoms in total. The number of urea groups is 1. The molecular weight excluding hydrogens is 399 g/mol. The summed E-state index contributed by atoms with van der Waals surface area (Å²) in [5, 5.41) is 5.84. The number of nitrogens with zero attached hydrogens (tertiary/aromatic N) is 3. The number of pyridine rings is 1. The molecule has 1 aromatic rings. The number of hydrogen-bond acceptors (Lipinski definition) is 4. The molecule has 0 bridgehead atoms. The molecule has 0 radical (unpaired) electrons. The highest BCUT2D eigenvalue weighted by atomic mass is 19.4. The Morgan fingerprint density at radius 1 is 1.07 bits per heavy atom. The van der Waals surface area contributed by atoms with Gasteiger partial charge in [-0.2, -0.15) is 13.2 Å². The van der Waals surface area contributed by atoms with Gasteiger partial charge in [-0.05, 0) is 44.2 Å². The van der Waals surface area contributed by atoms with Gasteiger partial charge in [0.05, 0.1) is 11.5 Å². The van der Waals surface area contributed by atoms with Crippen molar-refractivity contribution in [3.8, 4) is 0 Å². The van der Waals surface area contributed by atoms with Gasteiger partial charge in [0.25, 0.3) is 0 Å². The number of carbonyl (C=O) groups excluding carboxylic acids is 2. The molecule has 2 aliphatic rings. The highest BCUT2D eigenvalue weighted by molar-refractivity contribution is 5.81. The number of nitrogens with one attached hydrogen (secondary N) is 2. The standard InChI is InChI=1S/C20H28F3N5O2/c21-20(22,23)16-6-7-17(26-13-16)24-8-4-9-25-18(29)15-5-3-12-28(14-15)19(30)27-10-1-2-11-27/h6-7,13,15H,1-5,8-12,14H2,(H,24,26)(H,25,29)/t15-/m1/s1. The maximum Gasteiger partial charge on any atom is 0.417 e. The SMILES string of the molecule is O=C(NCCCNc1ccc(C(F)(F)F)cn1)[C@@H]1CCCN(C(=O)N2CCCC2)C1. The van der Waals surface area contributed by atoms with Gasteiger partial charge in [-0.3, -0.25) is 4.79 Å². The zero-order valence-corrected chi connectivity index (χ0v) is 16.9. The van der Waals surface area contributed by atoms with E-state index in [-0.39, 0.29) is 17.9 Å². The van der Waals surface area contributed by atoms with E-state index in [1.165, 1.54) is 6.07 Å². The van der Waals surface area contributed by atoms with E-state index in [0.29, 0.717) is 38.4 Å². The molecule has 10 heteroatoms. The second-order valence-electron chi connectivity index (χ2n) is 7.76. The fourth-order valence-electron chi connectivity index (χ4n) is 3.80. The minimum Gasteiger partial charge on any atom is -0.370 e. The number of alkyl halides is 3. The maximum absolute atomic E-state index is 12.5. The zero-order valence-electron chi connectivity index (χ0n) is 16.9. The van der Waals surface area contributed by atoms with E-state index in [4.69, 9.17) is 0 Å². The average molecular weight is 427 g/mol. The first-order valence-electron chi connectivity index (χ1n) is 10.4. The van der Waals surface area contributed by atoms with Crippen molar-refractivity contribution in [1.29, 1.82) is 0 Å². The molecule has 2 aliphatic heterocycles. The maximum atomic E-state index is 12.5. The fourth-order valence-corrected chi connectivity index (χ4v) is 3.80. The number of carbonyl (C=O) groups is 2. The minimum absolute atomic E-state index is 0.0400. The molecule has 3 amide bonds. The van der Waals surface area contributed by atoms with Crippen LogP contribution in [0.3, 0.4) is 0 Å². The van der Waals surface area contributed by atoms with Crippen molar-refractivity contribution in [2.75, 3.05) is 44.6 Å². The van der Waals surface area contributed by atoms with Gasteiger partial charge in [-0.25, -0.2) is 9.78 Å². The lowest BCUT2D eigenvalue weighted by atomic mass is 9.97. The van der Waals surface area contributed by atoms with Gasteiger partial charge in [-0.15, -0.1) is 0 Å². The first-order chi connectivity index (χ1) is 14.3. The Morgan fingerprint density at radius 2 is 1.80 bits per heavy atom. The molecule has 2 saturated heterocycles. The summed E-state index contributed by atoms with van der Waals surface area (Å²) >= 11 is 0. The van der Waals surface area contributed by atoms with Gasteiger partial charge in [0.1, 0.15) is 5.82 Å². The zero-order chi connectivity index (χ0) is 21.6. The molecule has 0 saturated carbocycles.